The Hall–Kier alpha value is -2.12. The summed E-state index contributed by atoms with van der Waals surface area (Å²) in [4.78, 5) is 11.1. The fourth-order valence-corrected chi connectivity index (χ4v) is 3.87. The highest BCUT2D eigenvalue weighted by atomic mass is 79.9. The van der Waals surface area contributed by atoms with E-state index in [2.05, 4.69) is 21.2 Å². The van der Waals surface area contributed by atoms with Crippen molar-refractivity contribution in [1.29, 1.82) is 0 Å². The molecule has 2 N–H and O–H groups in total. The lowest BCUT2D eigenvalue weighted by Crippen LogP contribution is -2.07. The number of halogens is 4. The zero-order chi connectivity index (χ0) is 22.5. The van der Waals surface area contributed by atoms with Gasteiger partial charge in [0.15, 0.2) is 11.5 Å². The quantitative estimate of drug-likeness (QED) is 0.311. The van der Waals surface area contributed by atoms with Crippen molar-refractivity contribution in [2.24, 2.45) is 0 Å². The number of hydrogen-bond donors (Lipinski definition) is 2. The molecule has 0 aromatic heterocycles. The van der Waals surface area contributed by atoms with Gasteiger partial charge >= 0.3 is 5.97 Å². The maximum Gasteiger partial charge on any atom is 0.337 e. The third kappa shape index (κ3) is 5.77. The van der Waals surface area contributed by atoms with Crippen molar-refractivity contribution in [3.63, 3.8) is 0 Å². The van der Waals surface area contributed by atoms with Crippen molar-refractivity contribution in [1.82, 2.24) is 0 Å². The zero-order valence-corrected chi connectivity index (χ0v) is 20.1. The van der Waals surface area contributed by atoms with Crippen LogP contribution >= 0.6 is 50.7 Å². The molecule has 0 radical (unpaired) electrons. The molecule has 0 bridgehead atoms. The predicted octanol–water partition coefficient (Wildman–Crippen LogP) is 7.31. The van der Waals surface area contributed by atoms with E-state index in [-0.39, 0.29) is 17.2 Å². The Kier molecular flexibility index (Phi) is 7.94. The molecule has 0 fully saturated rings. The largest absolute Gasteiger partial charge is 0.493 e. The number of carbonyl (C=O) groups is 1. The molecule has 9 heteroatoms. The molecule has 31 heavy (non-hydrogen) atoms. The van der Waals surface area contributed by atoms with E-state index in [4.69, 9.17) is 49.4 Å². The summed E-state index contributed by atoms with van der Waals surface area (Å²) in [5, 5.41) is 13.4. The van der Waals surface area contributed by atoms with Crippen LogP contribution in [0.2, 0.25) is 15.1 Å². The van der Waals surface area contributed by atoms with Gasteiger partial charge in [-0.25, -0.2) is 4.79 Å². The van der Waals surface area contributed by atoms with Crippen molar-refractivity contribution >= 4 is 62.4 Å². The van der Waals surface area contributed by atoms with Crippen LogP contribution in [0.25, 0.3) is 0 Å². The Morgan fingerprint density at radius 1 is 1.03 bits per heavy atom. The summed E-state index contributed by atoms with van der Waals surface area (Å²) in [5.74, 6) is 0.0492. The van der Waals surface area contributed by atoms with Crippen molar-refractivity contribution in [3.8, 4) is 11.5 Å². The second-order valence-electron chi connectivity index (χ2n) is 6.45. The van der Waals surface area contributed by atoms with Crippen molar-refractivity contribution in [3.05, 3.63) is 84.8 Å². The molecular formula is C22H17BrCl3NO4. The van der Waals surface area contributed by atoms with E-state index in [0.717, 1.165) is 15.6 Å². The number of rotatable bonds is 8. The van der Waals surface area contributed by atoms with Crippen LogP contribution in [0.15, 0.2) is 53.0 Å². The number of aromatic carboxylic acids is 1. The Bertz CT molecular complexity index is 1120. The fraction of sp³-hybridized carbons (Fsp3) is 0.136. The lowest BCUT2D eigenvalue weighted by Gasteiger charge is -2.18. The Morgan fingerprint density at radius 2 is 1.81 bits per heavy atom. The number of carboxylic acid groups (broad SMARTS) is 1. The van der Waals surface area contributed by atoms with Crippen molar-refractivity contribution in [2.75, 3.05) is 12.4 Å². The standard InChI is InChI=1S/C22H17BrCl3NO4/c1-30-20-7-5-16(23)15(10-27-13-3-4-14(22(28)29)18(25)9-13)21(20)31-11-12-2-6-17(24)19(26)8-12/h2-9,27H,10-11H2,1H3,(H,28,29). The second-order valence-corrected chi connectivity index (χ2v) is 8.52. The molecule has 0 atom stereocenters. The molecule has 0 saturated carbocycles. The first-order valence-electron chi connectivity index (χ1n) is 8.99. The molecule has 0 unspecified atom stereocenters. The zero-order valence-electron chi connectivity index (χ0n) is 16.2. The molecule has 0 saturated heterocycles. The molecular weight excluding hydrogens is 529 g/mol. The number of carboxylic acids is 1. The topological polar surface area (TPSA) is 67.8 Å². The van der Waals surface area contributed by atoms with E-state index in [1.165, 1.54) is 6.07 Å². The normalized spacial score (nSPS) is 10.6. The number of nitrogens with one attached hydrogen (secondary N) is 1. The van der Waals surface area contributed by atoms with Gasteiger partial charge in [0.2, 0.25) is 0 Å². The molecule has 3 rings (SSSR count). The summed E-state index contributed by atoms with van der Waals surface area (Å²) in [6.45, 7) is 0.632. The van der Waals surface area contributed by atoms with Gasteiger partial charge in [-0.1, -0.05) is 56.8 Å². The van der Waals surface area contributed by atoms with Crippen molar-refractivity contribution in [2.45, 2.75) is 13.2 Å². The van der Waals surface area contributed by atoms with Crippen LogP contribution in [0.4, 0.5) is 5.69 Å². The number of methoxy groups -OCH3 is 1. The van der Waals surface area contributed by atoms with E-state index in [1.54, 1.807) is 37.4 Å². The van der Waals surface area contributed by atoms with Gasteiger partial charge < -0.3 is 19.9 Å². The maximum atomic E-state index is 11.1. The molecule has 0 aliphatic carbocycles. The Balaban J connectivity index is 1.83. The highest BCUT2D eigenvalue weighted by Gasteiger charge is 2.16. The van der Waals surface area contributed by atoms with Gasteiger partial charge in [-0.05, 0) is 48.0 Å². The second kappa shape index (κ2) is 10.5. The van der Waals surface area contributed by atoms with Crippen LogP contribution in [0.1, 0.15) is 21.5 Å². The van der Waals surface area contributed by atoms with Crippen LogP contribution < -0.4 is 14.8 Å². The SMILES string of the molecule is COc1ccc(Br)c(CNc2ccc(C(=O)O)c(Cl)c2)c1OCc1ccc(Cl)c(Cl)c1. The van der Waals surface area contributed by atoms with Gasteiger partial charge in [-0.15, -0.1) is 0 Å². The minimum absolute atomic E-state index is 0.0421. The Labute approximate surface area is 203 Å². The fourth-order valence-electron chi connectivity index (χ4n) is 2.84. The summed E-state index contributed by atoms with van der Waals surface area (Å²) in [6, 6.07) is 13.6. The highest BCUT2D eigenvalue weighted by Crippen LogP contribution is 2.37. The lowest BCUT2D eigenvalue weighted by atomic mass is 10.1. The molecule has 5 nitrogen and oxygen atoms in total. The van der Waals surface area contributed by atoms with Crippen LogP contribution in [0, 0.1) is 0 Å². The van der Waals surface area contributed by atoms with E-state index in [0.29, 0.717) is 33.8 Å². The minimum Gasteiger partial charge on any atom is -0.493 e. The van der Waals surface area contributed by atoms with Crippen LogP contribution in [0.5, 0.6) is 11.5 Å². The Morgan fingerprint density at radius 3 is 2.45 bits per heavy atom. The van der Waals surface area contributed by atoms with E-state index >= 15 is 0 Å². The average molecular weight is 546 g/mol. The van der Waals surface area contributed by atoms with Gasteiger partial charge in [0.25, 0.3) is 0 Å². The van der Waals surface area contributed by atoms with Gasteiger partial charge in [-0.2, -0.15) is 0 Å². The van der Waals surface area contributed by atoms with Gasteiger partial charge in [0.05, 0.1) is 27.7 Å². The van der Waals surface area contributed by atoms with Crippen LogP contribution in [-0.2, 0) is 13.2 Å². The molecule has 0 aliphatic rings. The van der Waals surface area contributed by atoms with E-state index < -0.39 is 5.97 Å². The number of ether oxygens (including phenoxy) is 2. The maximum absolute atomic E-state index is 11.1. The molecule has 162 valence electrons. The molecule has 0 spiro atoms. The molecule has 3 aromatic rings. The average Bonchev–Trinajstić information content (AvgIpc) is 2.73. The number of anilines is 1. The first-order chi connectivity index (χ1) is 14.8. The van der Waals surface area contributed by atoms with Gasteiger partial charge in [0.1, 0.15) is 6.61 Å². The molecule has 0 aliphatic heterocycles. The van der Waals surface area contributed by atoms with Gasteiger partial charge in [0, 0.05) is 22.3 Å². The summed E-state index contributed by atoms with van der Waals surface area (Å²) in [5.41, 5.74) is 2.38. The van der Waals surface area contributed by atoms with Crippen molar-refractivity contribution < 1.29 is 19.4 Å². The minimum atomic E-state index is -1.08. The first kappa shape index (κ1) is 23.5. The monoisotopic (exact) mass is 543 g/mol. The number of hydrogen-bond acceptors (Lipinski definition) is 4. The first-order valence-corrected chi connectivity index (χ1v) is 10.9. The highest BCUT2D eigenvalue weighted by molar-refractivity contribution is 9.10. The third-order valence-electron chi connectivity index (χ3n) is 4.42. The summed E-state index contributed by atoms with van der Waals surface area (Å²) in [6.07, 6.45) is 0. The summed E-state index contributed by atoms with van der Waals surface area (Å²) in [7, 11) is 1.57. The van der Waals surface area contributed by atoms with Crippen LogP contribution in [0.3, 0.4) is 0 Å². The number of benzene rings is 3. The van der Waals surface area contributed by atoms with E-state index in [1.807, 2.05) is 12.1 Å². The molecule has 3 aromatic carbocycles. The molecule has 0 amide bonds. The smallest absolute Gasteiger partial charge is 0.337 e. The third-order valence-corrected chi connectivity index (χ3v) is 6.22. The van der Waals surface area contributed by atoms with Crippen LogP contribution in [-0.4, -0.2) is 18.2 Å². The van der Waals surface area contributed by atoms with E-state index in [9.17, 15) is 4.79 Å². The summed E-state index contributed by atoms with van der Waals surface area (Å²) >= 11 is 21.7. The van der Waals surface area contributed by atoms with Gasteiger partial charge in [-0.3, -0.25) is 0 Å². The summed E-state index contributed by atoms with van der Waals surface area (Å²) < 4.78 is 12.4. The predicted molar refractivity (Wildman–Crippen MR) is 127 cm³/mol. The lowest BCUT2D eigenvalue weighted by molar-refractivity contribution is 0.0697. The molecule has 0 heterocycles.